The van der Waals surface area contributed by atoms with Gasteiger partial charge in [-0.1, -0.05) is 0 Å². The Hall–Kier alpha value is -4.09. The molecule has 5 rings (SSSR count). The van der Waals surface area contributed by atoms with Gasteiger partial charge in [-0.05, 0) is 54.7 Å². The van der Waals surface area contributed by atoms with Crippen molar-refractivity contribution in [3.8, 4) is 17.1 Å². The molecule has 12 heteroatoms. The maximum absolute atomic E-state index is 12.4. The van der Waals surface area contributed by atoms with E-state index >= 15 is 0 Å². The van der Waals surface area contributed by atoms with Crippen LogP contribution < -0.4 is 15.4 Å². The van der Waals surface area contributed by atoms with E-state index in [9.17, 15) is 18.0 Å². The van der Waals surface area contributed by atoms with Crippen LogP contribution in [0.4, 0.5) is 24.8 Å². The second-order valence-corrected chi connectivity index (χ2v) is 8.35. The van der Waals surface area contributed by atoms with Crippen LogP contribution >= 0.6 is 0 Å². The minimum atomic E-state index is -4.50. The predicted molar refractivity (Wildman–Crippen MR) is 123 cm³/mol. The Kier molecular flexibility index (Phi) is 5.58. The lowest BCUT2D eigenvalue weighted by molar-refractivity contribution is -0.123. The molecule has 1 aliphatic rings. The highest BCUT2D eigenvalue weighted by Crippen LogP contribution is 2.47. The van der Waals surface area contributed by atoms with Gasteiger partial charge < -0.3 is 15.4 Å². The maximum Gasteiger partial charge on any atom is 0.405 e. The third kappa shape index (κ3) is 4.63. The molecule has 0 spiro atoms. The second kappa shape index (κ2) is 8.60. The van der Waals surface area contributed by atoms with E-state index in [2.05, 4.69) is 25.6 Å². The Labute approximate surface area is 197 Å². The fourth-order valence-electron chi connectivity index (χ4n) is 3.99. The number of fused-ring (bicyclic) bond motifs is 1. The number of aryl methyl sites for hydroxylation is 1. The summed E-state index contributed by atoms with van der Waals surface area (Å²) < 4.78 is 44.2. The van der Waals surface area contributed by atoms with E-state index in [0.29, 0.717) is 23.3 Å². The number of methoxy groups -OCH3 is 1. The summed E-state index contributed by atoms with van der Waals surface area (Å²) in [6, 6.07) is 8.26. The Morgan fingerprint density at radius 1 is 1.26 bits per heavy atom. The molecular formula is C23H22F3N7O2. The van der Waals surface area contributed by atoms with E-state index in [1.165, 1.54) is 24.8 Å². The number of anilines is 2. The summed E-state index contributed by atoms with van der Waals surface area (Å²) in [7, 11) is 3.15. The standard InChI is InChI=1S/C23H22F3N7O2/c1-33-22(29-17-8-7-16-15(10-28-31-16)19(17)12-3-4-12)30-20(32-33)14-6-5-13(9-18(14)35-2)21(34)27-11-23(24,25)26/h5-10,12H,3-4,11H2,1-2H3,(H,27,34)(H,28,31)(H,29,30,32). The predicted octanol–water partition coefficient (Wildman–Crippen LogP) is 4.28. The Balaban J connectivity index is 1.42. The van der Waals surface area contributed by atoms with Crippen LogP contribution in [0.25, 0.3) is 22.3 Å². The second-order valence-electron chi connectivity index (χ2n) is 8.35. The molecule has 4 aromatic rings. The van der Waals surface area contributed by atoms with Crippen LogP contribution in [0.3, 0.4) is 0 Å². The molecule has 1 saturated carbocycles. The fourth-order valence-corrected chi connectivity index (χ4v) is 3.99. The zero-order valence-corrected chi connectivity index (χ0v) is 18.9. The number of benzene rings is 2. The van der Waals surface area contributed by atoms with Crippen LogP contribution in [0.15, 0.2) is 36.5 Å². The number of nitrogens with zero attached hydrogens (tertiary/aromatic N) is 4. The van der Waals surface area contributed by atoms with Gasteiger partial charge in [0.25, 0.3) is 5.91 Å². The quantitative estimate of drug-likeness (QED) is 0.361. The van der Waals surface area contributed by atoms with Crippen molar-refractivity contribution in [3.63, 3.8) is 0 Å². The largest absolute Gasteiger partial charge is 0.496 e. The maximum atomic E-state index is 12.4. The Morgan fingerprint density at radius 3 is 2.77 bits per heavy atom. The molecule has 2 aromatic carbocycles. The first kappa shape index (κ1) is 22.7. The van der Waals surface area contributed by atoms with Crippen molar-refractivity contribution in [1.29, 1.82) is 0 Å². The van der Waals surface area contributed by atoms with Gasteiger partial charge in [-0.2, -0.15) is 23.3 Å². The summed E-state index contributed by atoms with van der Waals surface area (Å²) in [5.41, 5.74) is 3.61. The number of amides is 1. The minimum absolute atomic E-state index is 0.0339. The lowest BCUT2D eigenvalue weighted by atomic mass is 10.0. The third-order valence-electron chi connectivity index (χ3n) is 5.81. The molecule has 35 heavy (non-hydrogen) atoms. The number of H-pyrrole nitrogens is 1. The Bertz CT molecular complexity index is 1410. The minimum Gasteiger partial charge on any atom is -0.496 e. The molecule has 0 atom stereocenters. The summed E-state index contributed by atoms with van der Waals surface area (Å²) in [4.78, 5) is 16.7. The molecule has 1 aliphatic carbocycles. The van der Waals surface area contributed by atoms with Gasteiger partial charge in [-0.25, -0.2) is 4.68 Å². The van der Waals surface area contributed by atoms with Gasteiger partial charge in [0.2, 0.25) is 5.95 Å². The molecule has 0 unspecified atom stereocenters. The smallest absolute Gasteiger partial charge is 0.405 e. The first-order valence-electron chi connectivity index (χ1n) is 10.9. The average Bonchev–Trinajstić information content (AvgIpc) is 3.44. The summed E-state index contributed by atoms with van der Waals surface area (Å²) in [6.45, 7) is -1.42. The van der Waals surface area contributed by atoms with Crippen molar-refractivity contribution in [2.24, 2.45) is 7.05 Å². The van der Waals surface area contributed by atoms with Crippen molar-refractivity contribution in [2.75, 3.05) is 19.0 Å². The molecule has 0 aliphatic heterocycles. The lowest BCUT2D eigenvalue weighted by Gasteiger charge is -2.11. The van der Waals surface area contributed by atoms with Crippen molar-refractivity contribution >= 4 is 28.4 Å². The van der Waals surface area contributed by atoms with E-state index < -0.39 is 18.6 Å². The molecular weight excluding hydrogens is 463 g/mol. The topological polar surface area (TPSA) is 110 Å². The highest BCUT2D eigenvalue weighted by Gasteiger charge is 2.30. The monoisotopic (exact) mass is 485 g/mol. The number of alkyl halides is 3. The number of carbonyl (C=O) groups excluding carboxylic acids is 1. The van der Waals surface area contributed by atoms with E-state index in [1.807, 2.05) is 23.6 Å². The molecule has 9 nitrogen and oxygen atoms in total. The number of ether oxygens (including phenoxy) is 1. The molecule has 1 fully saturated rings. The van der Waals surface area contributed by atoms with Crippen LogP contribution in [0, 0.1) is 0 Å². The van der Waals surface area contributed by atoms with Gasteiger partial charge in [0.15, 0.2) is 5.82 Å². The lowest BCUT2D eigenvalue weighted by Crippen LogP contribution is -2.33. The molecule has 2 heterocycles. The normalized spacial score (nSPS) is 13.7. The Morgan fingerprint density at radius 2 is 2.06 bits per heavy atom. The molecule has 1 amide bonds. The number of rotatable bonds is 7. The highest BCUT2D eigenvalue weighted by molar-refractivity contribution is 5.95. The van der Waals surface area contributed by atoms with Crippen LogP contribution in [-0.4, -0.2) is 50.7 Å². The van der Waals surface area contributed by atoms with Crippen LogP contribution in [0.2, 0.25) is 0 Å². The van der Waals surface area contributed by atoms with E-state index in [4.69, 9.17) is 4.74 Å². The van der Waals surface area contributed by atoms with Gasteiger partial charge in [0.1, 0.15) is 12.3 Å². The highest BCUT2D eigenvalue weighted by atomic mass is 19.4. The SMILES string of the molecule is COc1cc(C(=O)NCC(F)(F)F)ccc1-c1nc(Nc2ccc3[nH]ncc3c2C2CC2)n(C)n1. The first-order valence-corrected chi connectivity index (χ1v) is 10.9. The number of hydrogen-bond acceptors (Lipinski definition) is 6. The van der Waals surface area contributed by atoms with E-state index in [1.54, 1.807) is 17.8 Å². The van der Waals surface area contributed by atoms with Gasteiger partial charge in [0.05, 0.1) is 24.4 Å². The number of nitrogens with one attached hydrogen (secondary N) is 3. The van der Waals surface area contributed by atoms with Gasteiger partial charge in [-0.3, -0.25) is 9.89 Å². The van der Waals surface area contributed by atoms with Crippen LogP contribution in [0.5, 0.6) is 5.75 Å². The van der Waals surface area contributed by atoms with Crippen molar-refractivity contribution < 1.29 is 22.7 Å². The van der Waals surface area contributed by atoms with Crippen LogP contribution in [0.1, 0.15) is 34.7 Å². The van der Waals surface area contributed by atoms with Crippen molar-refractivity contribution in [3.05, 3.63) is 47.7 Å². The number of hydrogen-bond donors (Lipinski definition) is 3. The van der Waals surface area contributed by atoms with Crippen molar-refractivity contribution in [2.45, 2.75) is 24.9 Å². The van der Waals surface area contributed by atoms with Crippen molar-refractivity contribution in [1.82, 2.24) is 30.3 Å². The summed E-state index contributed by atoms with van der Waals surface area (Å²) >= 11 is 0. The average molecular weight is 485 g/mol. The van der Waals surface area contributed by atoms with Crippen LogP contribution in [-0.2, 0) is 7.05 Å². The molecule has 0 radical (unpaired) electrons. The summed E-state index contributed by atoms with van der Waals surface area (Å²) in [5, 5.41) is 17.9. The summed E-state index contributed by atoms with van der Waals surface area (Å²) in [6.07, 6.45) is -0.442. The molecule has 182 valence electrons. The van der Waals surface area contributed by atoms with E-state index in [-0.39, 0.29) is 11.3 Å². The molecule has 3 N–H and O–H groups in total. The fraction of sp³-hybridized carbons (Fsp3) is 0.304. The van der Waals surface area contributed by atoms with Gasteiger partial charge >= 0.3 is 6.18 Å². The number of aromatic amines is 1. The number of halogens is 3. The molecule has 0 bridgehead atoms. The van der Waals surface area contributed by atoms with Gasteiger partial charge in [0, 0.05) is 23.7 Å². The first-order chi connectivity index (χ1) is 16.7. The molecule has 0 saturated heterocycles. The third-order valence-corrected chi connectivity index (χ3v) is 5.81. The number of aromatic nitrogens is 5. The zero-order chi connectivity index (χ0) is 24.7. The number of carbonyl (C=O) groups is 1. The zero-order valence-electron chi connectivity index (χ0n) is 18.9. The van der Waals surface area contributed by atoms with E-state index in [0.717, 1.165) is 29.4 Å². The summed E-state index contributed by atoms with van der Waals surface area (Å²) in [5.74, 6) is 0.707. The van der Waals surface area contributed by atoms with Gasteiger partial charge in [-0.15, -0.1) is 5.10 Å². The molecule has 2 aromatic heterocycles.